The summed E-state index contributed by atoms with van der Waals surface area (Å²) < 4.78 is 10.1. The van der Waals surface area contributed by atoms with E-state index in [0.717, 1.165) is 25.0 Å². The second-order valence-electron chi connectivity index (χ2n) is 4.93. The van der Waals surface area contributed by atoms with Crippen LogP contribution < -0.4 is 5.32 Å². The molecule has 1 heterocycles. The van der Waals surface area contributed by atoms with Crippen molar-refractivity contribution in [1.29, 1.82) is 0 Å². The molecule has 8 nitrogen and oxygen atoms in total. The zero-order valence-corrected chi connectivity index (χ0v) is 12.9. The molecule has 23 heavy (non-hydrogen) atoms. The van der Waals surface area contributed by atoms with E-state index in [1.54, 1.807) is 0 Å². The minimum Gasteiger partial charge on any atom is -0.452 e. The minimum absolute atomic E-state index is 0.0244. The van der Waals surface area contributed by atoms with Crippen molar-refractivity contribution in [3.05, 3.63) is 38.9 Å². The lowest BCUT2D eigenvalue weighted by molar-refractivity contribution is -0.385. The highest BCUT2D eigenvalue weighted by molar-refractivity contribution is 6.31. The van der Waals surface area contributed by atoms with E-state index in [1.807, 2.05) is 0 Å². The maximum absolute atomic E-state index is 11.9. The van der Waals surface area contributed by atoms with Crippen LogP contribution in [0.4, 0.5) is 5.69 Å². The van der Waals surface area contributed by atoms with Crippen molar-refractivity contribution >= 4 is 29.2 Å². The second-order valence-corrected chi connectivity index (χ2v) is 5.37. The summed E-state index contributed by atoms with van der Waals surface area (Å²) >= 11 is 5.73. The summed E-state index contributed by atoms with van der Waals surface area (Å²) in [5.74, 6) is -1.48. The highest BCUT2D eigenvalue weighted by Gasteiger charge is 2.23. The van der Waals surface area contributed by atoms with E-state index in [2.05, 4.69) is 5.32 Å². The summed E-state index contributed by atoms with van der Waals surface area (Å²) in [6.45, 7) is 0.483. The molecule has 0 aromatic heterocycles. The largest absolute Gasteiger partial charge is 0.452 e. The molecule has 0 spiro atoms. The molecule has 1 aliphatic heterocycles. The van der Waals surface area contributed by atoms with Crippen LogP contribution in [0.3, 0.4) is 0 Å². The van der Waals surface area contributed by atoms with E-state index in [0.29, 0.717) is 13.2 Å². The van der Waals surface area contributed by atoms with Gasteiger partial charge in [0.25, 0.3) is 11.6 Å². The second kappa shape index (κ2) is 7.89. The van der Waals surface area contributed by atoms with Gasteiger partial charge < -0.3 is 14.8 Å². The van der Waals surface area contributed by atoms with Gasteiger partial charge in [0.05, 0.1) is 11.0 Å². The Morgan fingerprint density at radius 2 is 2.26 bits per heavy atom. The monoisotopic (exact) mass is 342 g/mol. The van der Waals surface area contributed by atoms with Crippen LogP contribution in [-0.2, 0) is 14.3 Å². The van der Waals surface area contributed by atoms with Gasteiger partial charge in [0, 0.05) is 24.2 Å². The van der Waals surface area contributed by atoms with Crippen LogP contribution in [0.25, 0.3) is 0 Å². The van der Waals surface area contributed by atoms with Crippen molar-refractivity contribution in [2.75, 3.05) is 19.8 Å². The van der Waals surface area contributed by atoms with Crippen molar-refractivity contribution < 1.29 is 24.0 Å². The van der Waals surface area contributed by atoms with Gasteiger partial charge >= 0.3 is 5.97 Å². The Morgan fingerprint density at radius 1 is 1.48 bits per heavy atom. The third-order valence-electron chi connectivity index (χ3n) is 3.26. The molecule has 1 atom stereocenters. The summed E-state index contributed by atoms with van der Waals surface area (Å²) in [4.78, 5) is 33.7. The SMILES string of the molecule is O=C(COC(=O)c1cc(Cl)ccc1[N+](=O)[O-])NC[C@H]1CCCO1. The van der Waals surface area contributed by atoms with Crippen LogP contribution >= 0.6 is 11.6 Å². The van der Waals surface area contributed by atoms with Gasteiger partial charge in [-0.3, -0.25) is 14.9 Å². The topological polar surface area (TPSA) is 108 Å². The van der Waals surface area contributed by atoms with Crippen LogP contribution in [0.2, 0.25) is 5.02 Å². The van der Waals surface area contributed by atoms with Crippen LogP contribution in [0.15, 0.2) is 18.2 Å². The fourth-order valence-corrected chi connectivity index (χ4v) is 2.30. The van der Waals surface area contributed by atoms with Gasteiger partial charge in [0.1, 0.15) is 5.56 Å². The lowest BCUT2D eigenvalue weighted by Gasteiger charge is -2.11. The quantitative estimate of drug-likeness (QED) is 0.479. The van der Waals surface area contributed by atoms with E-state index >= 15 is 0 Å². The summed E-state index contributed by atoms with van der Waals surface area (Å²) in [6.07, 6.45) is 1.80. The van der Waals surface area contributed by atoms with Gasteiger partial charge in [0.2, 0.25) is 0 Å². The Morgan fingerprint density at radius 3 is 2.91 bits per heavy atom. The third kappa shape index (κ3) is 4.90. The number of esters is 1. The lowest BCUT2D eigenvalue weighted by atomic mass is 10.2. The number of nitrogens with zero attached hydrogens (tertiary/aromatic N) is 1. The number of rotatable bonds is 6. The number of nitro benzene ring substituents is 1. The number of carbonyl (C=O) groups excluding carboxylic acids is 2. The number of hydrogen-bond acceptors (Lipinski definition) is 6. The Hall–Kier alpha value is -2.19. The van der Waals surface area contributed by atoms with E-state index in [1.165, 1.54) is 6.07 Å². The molecule has 2 rings (SSSR count). The average Bonchev–Trinajstić information content (AvgIpc) is 3.03. The van der Waals surface area contributed by atoms with Crippen LogP contribution in [0.5, 0.6) is 0 Å². The molecule has 0 radical (unpaired) electrons. The molecule has 1 aliphatic rings. The standard InChI is InChI=1S/C14H15ClN2O6/c15-9-3-4-12(17(20)21)11(6-9)14(19)23-8-13(18)16-7-10-2-1-5-22-10/h3-4,6,10H,1-2,5,7-8H2,(H,16,18)/t10-/m1/s1. The third-order valence-corrected chi connectivity index (χ3v) is 3.50. The molecule has 1 aromatic carbocycles. The highest BCUT2D eigenvalue weighted by atomic mass is 35.5. The molecule has 0 saturated carbocycles. The Balaban J connectivity index is 1.87. The number of ether oxygens (including phenoxy) is 2. The molecule has 0 unspecified atom stereocenters. The first-order chi connectivity index (χ1) is 11.0. The number of hydrogen-bond donors (Lipinski definition) is 1. The summed E-state index contributed by atoms with van der Waals surface area (Å²) in [5, 5.41) is 13.6. The van der Waals surface area contributed by atoms with Gasteiger partial charge in [-0.15, -0.1) is 0 Å². The zero-order chi connectivity index (χ0) is 16.8. The number of nitrogens with one attached hydrogen (secondary N) is 1. The Labute approximate surface area is 136 Å². The molecule has 0 bridgehead atoms. The number of nitro groups is 1. The molecule has 1 N–H and O–H groups in total. The normalized spacial score (nSPS) is 16.8. The molecule has 1 aromatic rings. The molecule has 1 saturated heterocycles. The number of halogens is 1. The highest BCUT2D eigenvalue weighted by Crippen LogP contribution is 2.23. The van der Waals surface area contributed by atoms with Gasteiger partial charge in [0.15, 0.2) is 6.61 Å². The molecular weight excluding hydrogens is 328 g/mol. The zero-order valence-electron chi connectivity index (χ0n) is 12.1. The van der Waals surface area contributed by atoms with Crippen LogP contribution in [0, 0.1) is 10.1 Å². The fourth-order valence-electron chi connectivity index (χ4n) is 2.12. The summed E-state index contributed by atoms with van der Waals surface area (Å²) in [6, 6.07) is 3.54. The van der Waals surface area contributed by atoms with E-state index < -0.39 is 29.1 Å². The maximum atomic E-state index is 11.9. The molecular formula is C14H15ClN2O6. The fraction of sp³-hybridized carbons (Fsp3) is 0.429. The number of benzene rings is 1. The van der Waals surface area contributed by atoms with Gasteiger partial charge in [-0.1, -0.05) is 11.6 Å². The van der Waals surface area contributed by atoms with Crippen molar-refractivity contribution in [3.8, 4) is 0 Å². The van der Waals surface area contributed by atoms with Gasteiger partial charge in [-0.05, 0) is 25.0 Å². The molecule has 1 amide bonds. The first-order valence-corrected chi connectivity index (χ1v) is 7.34. The van der Waals surface area contributed by atoms with Crippen molar-refractivity contribution in [2.45, 2.75) is 18.9 Å². The maximum Gasteiger partial charge on any atom is 0.345 e. The van der Waals surface area contributed by atoms with E-state index in [9.17, 15) is 19.7 Å². The van der Waals surface area contributed by atoms with Crippen molar-refractivity contribution in [2.24, 2.45) is 0 Å². The van der Waals surface area contributed by atoms with Gasteiger partial charge in [-0.2, -0.15) is 0 Å². The van der Waals surface area contributed by atoms with Crippen molar-refractivity contribution in [3.63, 3.8) is 0 Å². The molecule has 124 valence electrons. The van der Waals surface area contributed by atoms with Crippen molar-refractivity contribution in [1.82, 2.24) is 5.32 Å². The summed E-state index contributed by atoms with van der Waals surface area (Å²) in [5.41, 5.74) is -0.728. The molecule has 0 aliphatic carbocycles. The molecule has 9 heteroatoms. The first-order valence-electron chi connectivity index (χ1n) is 6.96. The average molecular weight is 343 g/mol. The predicted octanol–water partition coefficient (Wildman–Crippen LogP) is 1.70. The Bertz CT molecular complexity index is 615. The predicted molar refractivity (Wildman–Crippen MR) is 80.4 cm³/mol. The van der Waals surface area contributed by atoms with Crippen LogP contribution in [-0.4, -0.2) is 42.7 Å². The van der Waals surface area contributed by atoms with E-state index in [4.69, 9.17) is 21.1 Å². The smallest absolute Gasteiger partial charge is 0.345 e. The molecule has 1 fully saturated rings. The van der Waals surface area contributed by atoms with E-state index in [-0.39, 0.29) is 16.7 Å². The Kier molecular flexibility index (Phi) is 5.89. The number of carbonyl (C=O) groups is 2. The lowest BCUT2D eigenvalue weighted by Crippen LogP contribution is -2.34. The van der Waals surface area contributed by atoms with Gasteiger partial charge in [-0.25, -0.2) is 4.79 Å². The number of amides is 1. The summed E-state index contributed by atoms with van der Waals surface area (Å²) in [7, 11) is 0. The first kappa shape index (κ1) is 17.2. The van der Waals surface area contributed by atoms with Crippen LogP contribution in [0.1, 0.15) is 23.2 Å². The minimum atomic E-state index is -0.980.